The van der Waals surface area contributed by atoms with Crippen LogP contribution in [0.5, 0.6) is 0 Å². The first-order valence-corrected chi connectivity index (χ1v) is 11.3. The lowest BCUT2D eigenvalue weighted by molar-refractivity contribution is -0.134. The van der Waals surface area contributed by atoms with Crippen LogP contribution in [0.4, 0.5) is 0 Å². The van der Waals surface area contributed by atoms with E-state index in [0.717, 1.165) is 32.2 Å². The van der Waals surface area contributed by atoms with Crippen molar-refractivity contribution < 1.29 is 24.6 Å². The summed E-state index contributed by atoms with van der Waals surface area (Å²) < 4.78 is 0. The molecule has 34 heavy (non-hydrogen) atoms. The Morgan fingerprint density at radius 2 is 1.41 bits per heavy atom. The van der Waals surface area contributed by atoms with Gasteiger partial charge in [-0.05, 0) is 60.1 Å². The highest BCUT2D eigenvalue weighted by molar-refractivity contribution is 5.89. The summed E-state index contributed by atoms with van der Waals surface area (Å²) in [6.07, 6.45) is 7.70. The van der Waals surface area contributed by atoms with E-state index in [1.165, 1.54) is 27.8 Å². The Kier molecular flexibility index (Phi) is 10.7. The van der Waals surface area contributed by atoms with Crippen LogP contribution in [-0.2, 0) is 27.2 Å². The fourth-order valence-electron chi connectivity index (χ4n) is 3.75. The topological polar surface area (TPSA) is 121 Å². The molecule has 7 heteroatoms. The summed E-state index contributed by atoms with van der Waals surface area (Å²) >= 11 is 0. The minimum absolute atomic E-state index is 0.176. The van der Waals surface area contributed by atoms with E-state index in [1.54, 1.807) is 0 Å². The fourth-order valence-corrected chi connectivity index (χ4v) is 3.75. The summed E-state index contributed by atoms with van der Waals surface area (Å²) in [5, 5.41) is 15.6. The molecule has 7 nitrogen and oxygen atoms in total. The molecule has 2 aromatic carbocycles. The molecule has 1 amide bonds. The zero-order valence-corrected chi connectivity index (χ0v) is 19.4. The number of amides is 1. The fraction of sp³-hybridized carbons (Fsp3) is 0.296. The first-order chi connectivity index (χ1) is 16.3. The molecule has 1 aliphatic rings. The highest BCUT2D eigenvalue weighted by Crippen LogP contribution is 2.33. The summed E-state index contributed by atoms with van der Waals surface area (Å²) in [5.41, 5.74) is 12.3. The standard InChI is InChI=1S/C23H28N2O.C4H4O4/c1-25(23(26)13-6-16-24)17-7-12-22-20-10-4-2-8-18(20)14-15-19-9-3-5-11-21(19)22;5-3(6)1-2-4(7)8/h2-5,8-12H,6-7,13-17,24H2,1H3;1-2H,(H,5,6)(H,7,8)/b;2-1+. The van der Waals surface area contributed by atoms with E-state index in [2.05, 4.69) is 54.6 Å². The zero-order chi connectivity index (χ0) is 24.9. The van der Waals surface area contributed by atoms with Gasteiger partial charge in [-0.1, -0.05) is 54.6 Å². The minimum Gasteiger partial charge on any atom is -0.478 e. The van der Waals surface area contributed by atoms with Crippen LogP contribution < -0.4 is 5.73 Å². The van der Waals surface area contributed by atoms with Crippen molar-refractivity contribution in [3.8, 4) is 0 Å². The van der Waals surface area contributed by atoms with Gasteiger partial charge >= 0.3 is 11.9 Å². The second-order valence-corrected chi connectivity index (χ2v) is 7.94. The smallest absolute Gasteiger partial charge is 0.328 e. The number of hydrogen-bond acceptors (Lipinski definition) is 4. The number of carbonyl (C=O) groups excluding carboxylic acids is 1. The normalized spacial score (nSPS) is 12.0. The maximum atomic E-state index is 12.1. The van der Waals surface area contributed by atoms with Gasteiger partial charge < -0.3 is 20.8 Å². The van der Waals surface area contributed by atoms with Crippen LogP contribution in [-0.4, -0.2) is 53.1 Å². The summed E-state index contributed by atoms with van der Waals surface area (Å²) in [7, 11) is 1.88. The van der Waals surface area contributed by atoms with Gasteiger partial charge in [0.05, 0.1) is 0 Å². The molecular weight excluding hydrogens is 432 g/mol. The number of carbonyl (C=O) groups is 3. The van der Waals surface area contributed by atoms with Gasteiger partial charge in [-0.3, -0.25) is 4.79 Å². The SMILES string of the molecule is CN(CCC=C1c2ccccc2CCc2ccccc21)C(=O)CCCN.O=C(O)/C=C/C(=O)O. The highest BCUT2D eigenvalue weighted by Gasteiger charge is 2.17. The van der Waals surface area contributed by atoms with Crippen molar-refractivity contribution in [2.45, 2.75) is 32.1 Å². The Balaban J connectivity index is 0.000000440. The Morgan fingerprint density at radius 1 is 0.912 bits per heavy atom. The predicted octanol–water partition coefficient (Wildman–Crippen LogP) is 3.52. The third-order valence-electron chi connectivity index (χ3n) is 5.48. The van der Waals surface area contributed by atoms with E-state index >= 15 is 0 Å². The second-order valence-electron chi connectivity index (χ2n) is 7.94. The number of carboxylic acids is 2. The molecule has 0 heterocycles. The predicted molar refractivity (Wildman–Crippen MR) is 132 cm³/mol. The quantitative estimate of drug-likeness (QED) is 0.514. The van der Waals surface area contributed by atoms with Gasteiger partial charge in [0.1, 0.15) is 0 Å². The van der Waals surface area contributed by atoms with E-state index in [4.69, 9.17) is 15.9 Å². The molecule has 0 bridgehead atoms. The Hall–Kier alpha value is -3.71. The lowest BCUT2D eigenvalue weighted by Crippen LogP contribution is -2.27. The molecule has 0 saturated heterocycles. The van der Waals surface area contributed by atoms with Crippen LogP contribution in [0.15, 0.2) is 66.8 Å². The molecule has 0 saturated carbocycles. The van der Waals surface area contributed by atoms with Gasteiger partial charge in [-0.25, -0.2) is 9.59 Å². The molecule has 0 spiro atoms. The van der Waals surface area contributed by atoms with E-state index in [0.29, 0.717) is 25.1 Å². The van der Waals surface area contributed by atoms with Crippen molar-refractivity contribution in [2.24, 2.45) is 5.73 Å². The third kappa shape index (κ3) is 8.33. The van der Waals surface area contributed by atoms with E-state index in [1.807, 2.05) is 11.9 Å². The monoisotopic (exact) mass is 464 g/mol. The number of aryl methyl sites for hydroxylation is 2. The number of benzene rings is 2. The number of hydrogen-bond donors (Lipinski definition) is 3. The lowest BCUT2D eigenvalue weighted by Gasteiger charge is -2.17. The third-order valence-corrected chi connectivity index (χ3v) is 5.48. The Morgan fingerprint density at radius 3 is 1.88 bits per heavy atom. The number of carboxylic acid groups (broad SMARTS) is 2. The summed E-state index contributed by atoms with van der Waals surface area (Å²) in [6.45, 7) is 1.30. The van der Waals surface area contributed by atoms with Crippen molar-refractivity contribution in [1.82, 2.24) is 4.90 Å². The lowest BCUT2D eigenvalue weighted by atomic mass is 9.93. The molecule has 0 aliphatic heterocycles. The maximum Gasteiger partial charge on any atom is 0.328 e. The second kappa shape index (κ2) is 13.7. The molecule has 0 fully saturated rings. The molecule has 0 unspecified atom stereocenters. The van der Waals surface area contributed by atoms with Gasteiger partial charge in [-0.15, -0.1) is 0 Å². The highest BCUT2D eigenvalue weighted by atomic mass is 16.4. The van der Waals surface area contributed by atoms with Gasteiger partial charge in [-0.2, -0.15) is 0 Å². The molecule has 0 atom stereocenters. The van der Waals surface area contributed by atoms with Crippen LogP contribution in [0.3, 0.4) is 0 Å². The van der Waals surface area contributed by atoms with Crippen LogP contribution in [0.25, 0.3) is 5.57 Å². The average molecular weight is 465 g/mol. The molecule has 1 aliphatic carbocycles. The van der Waals surface area contributed by atoms with Gasteiger partial charge in [0.25, 0.3) is 0 Å². The molecule has 180 valence electrons. The van der Waals surface area contributed by atoms with E-state index < -0.39 is 11.9 Å². The molecule has 0 aromatic heterocycles. The van der Waals surface area contributed by atoms with Crippen LogP contribution in [0, 0.1) is 0 Å². The molecule has 3 rings (SSSR count). The van der Waals surface area contributed by atoms with Gasteiger partial charge in [0.2, 0.25) is 5.91 Å². The Labute approximate surface area is 200 Å². The van der Waals surface area contributed by atoms with Crippen LogP contribution >= 0.6 is 0 Å². The van der Waals surface area contributed by atoms with E-state index in [9.17, 15) is 14.4 Å². The summed E-state index contributed by atoms with van der Waals surface area (Å²) in [5.74, 6) is -2.34. The van der Waals surface area contributed by atoms with E-state index in [-0.39, 0.29) is 5.91 Å². The largest absolute Gasteiger partial charge is 0.478 e. The average Bonchev–Trinajstić information content (AvgIpc) is 2.99. The molecule has 2 aromatic rings. The van der Waals surface area contributed by atoms with Crippen molar-refractivity contribution in [3.63, 3.8) is 0 Å². The minimum atomic E-state index is -1.26. The van der Waals surface area contributed by atoms with Crippen molar-refractivity contribution in [1.29, 1.82) is 0 Å². The van der Waals surface area contributed by atoms with Crippen molar-refractivity contribution in [2.75, 3.05) is 20.1 Å². The maximum absolute atomic E-state index is 12.1. The number of rotatable bonds is 8. The Bertz CT molecular complexity index is 993. The van der Waals surface area contributed by atoms with Crippen LogP contribution in [0.1, 0.15) is 41.5 Å². The van der Waals surface area contributed by atoms with Crippen LogP contribution in [0.2, 0.25) is 0 Å². The van der Waals surface area contributed by atoms with Crippen molar-refractivity contribution >= 4 is 23.4 Å². The van der Waals surface area contributed by atoms with Gasteiger partial charge in [0.15, 0.2) is 0 Å². The number of fused-ring (bicyclic) bond motifs is 2. The summed E-state index contributed by atoms with van der Waals surface area (Å²) in [4.78, 5) is 33.0. The summed E-state index contributed by atoms with van der Waals surface area (Å²) in [6, 6.07) is 17.4. The molecule has 0 radical (unpaired) electrons. The first-order valence-electron chi connectivity index (χ1n) is 11.3. The number of nitrogens with zero attached hydrogens (tertiary/aromatic N) is 1. The molecular formula is C27H32N2O5. The first kappa shape index (κ1) is 26.5. The van der Waals surface area contributed by atoms with Gasteiger partial charge in [0, 0.05) is 32.2 Å². The molecule has 4 N–H and O–H groups in total. The van der Waals surface area contributed by atoms with Crippen molar-refractivity contribution in [3.05, 3.63) is 89.0 Å². The zero-order valence-electron chi connectivity index (χ0n) is 19.4. The number of aliphatic carboxylic acids is 2. The number of nitrogens with two attached hydrogens (primary N) is 1.